The highest BCUT2D eigenvalue weighted by molar-refractivity contribution is 6.02. The van der Waals surface area contributed by atoms with E-state index in [-0.39, 0.29) is 17.5 Å². The van der Waals surface area contributed by atoms with Crippen LogP contribution in [-0.2, 0) is 9.59 Å². The molecule has 0 aromatic carbocycles. The average molecular weight is 323 g/mol. The Morgan fingerprint density at radius 1 is 1.00 bits per heavy atom. The van der Waals surface area contributed by atoms with E-state index in [0.29, 0.717) is 45.3 Å². The Kier molecular flexibility index (Phi) is 4.21. The first-order valence-corrected chi connectivity index (χ1v) is 8.56. The molecule has 3 N–H and O–H groups in total. The standard InChI is InChI=1S/C16H25N3O4/c20-12(16(13(21)22)5-3-1-2-4-6-16)19-9-7-15(8-10-19)11-17-14(23)18-15/h1-11H2,(H,21,22)(H2,17,18,23). The van der Waals surface area contributed by atoms with Crippen LogP contribution < -0.4 is 10.6 Å². The zero-order valence-electron chi connectivity index (χ0n) is 13.4. The monoisotopic (exact) mass is 323 g/mol. The summed E-state index contributed by atoms with van der Waals surface area (Å²) < 4.78 is 0. The van der Waals surface area contributed by atoms with Gasteiger partial charge in [0.15, 0.2) is 0 Å². The molecule has 3 aliphatic rings. The molecule has 0 aromatic heterocycles. The first-order valence-electron chi connectivity index (χ1n) is 8.56. The zero-order chi connectivity index (χ0) is 16.5. The van der Waals surface area contributed by atoms with Crippen LogP contribution in [0.5, 0.6) is 0 Å². The SMILES string of the molecule is O=C1NCC2(CCN(C(=O)C3(C(=O)O)CCCCCC3)CC2)N1. The molecule has 3 amide bonds. The fourth-order valence-electron chi connectivity index (χ4n) is 4.17. The predicted molar refractivity (Wildman–Crippen MR) is 82.9 cm³/mol. The zero-order valence-corrected chi connectivity index (χ0v) is 13.4. The van der Waals surface area contributed by atoms with Crippen LogP contribution in [0.25, 0.3) is 0 Å². The second-order valence-electron chi connectivity index (χ2n) is 7.18. The molecular weight excluding hydrogens is 298 g/mol. The normalized spacial score (nSPS) is 26.3. The number of likely N-dealkylation sites (tertiary alicyclic amines) is 1. The van der Waals surface area contributed by atoms with E-state index >= 15 is 0 Å². The first kappa shape index (κ1) is 16.1. The van der Waals surface area contributed by atoms with Crippen molar-refractivity contribution in [1.82, 2.24) is 15.5 Å². The van der Waals surface area contributed by atoms with E-state index in [4.69, 9.17) is 0 Å². The van der Waals surface area contributed by atoms with Crippen LogP contribution in [-0.4, -0.2) is 53.1 Å². The van der Waals surface area contributed by atoms with Gasteiger partial charge < -0.3 is 20.6 Å². The van der Waals surface area contributed by atoms with Gasteiger partial charge in [-0.1, -0.05) is 25.7 Å². The molecule has 2 aliphatic heterocycles. The lowest BCUT2D eigenvalue weighted by molar-refractivity contribution is -0.162. The van der Waals surface area contributed by atoms with Gasteiger partial charge in [-0.05, 0) is 25.7 Å². The summed E-state index contributed by atoms with van der Waals surface area (Å²) in [6.45, 7) is 1.60. The number of urea groups is 1. The van der Waals surface area contributed by atoms with E-state index in [1.807, 2.05) is 0 Å². The van der Waals surface area contributed by atoms with Gasteiger partial charge in [0, 0.05) is 19.6 Å². The summed E-state index contributed by atoms with van der Waals surface area (Å²) in [4.78, 5) is 38.0. The van der Waals surface area contributed by atoms with Crippen molar-refractivity contribution in [2.45, 2.75) is 56.9 Å². The van der Waals surface area contributed by atoms with E-state index in [0.717, 1.165) is 25.7 Å². The maximum atomic E-state index is 13.0. The number of nitrogens with zero attached hydrogens (tertiary/aromatic N) is 1. The Bertz CT molecular complexity index is 503. The van der Waals surface area contributed by atoms with E-state index in [2.05, 4.69) is 10.6 Å². The molecule has 0 atom stereocenters. The number of aliphatic carboxylic acids is 1. The molecule has 1 spiro atoms. The molecule has 0 unspecified atom stereocenters. The lowest BCUT2D eigenvalue weighted by Crippen LogP contribution is -2.57. The topological polar surface area (TPSA) is 98.7 Å². The summed E-state index contributed by atoms with van der Waals surface area (Å²) in [7, 11) is 0. The maximum Gasteiger partial charge on any atom is 0.319 e. The molecule has 2 heterocycles. The molecule has 0 aromatic rings. The number of piperidine rings is 1. The third-order valence-corrected chi connectivity index (χ3v) is 5.75. The molecule has 0 radical (unpaired) electrons. The van der Waals surface area contributed by atoms with Gasteiger partial charge in [0.1, 0.15) is 5.41 Å². The van der Waals surface area contributed by atoms with Crippen molar-refractivity contribution in [3.63, 3.8) is 0 Å². The van der Waals surface area contributed by atoms with E-state index in [9.17, 15) is 19.5 Å². The van der Waals surface area contributed by atoms with Gasteiger partial charge in [0.05, 0.1) is 5.54 Å². The highest BCUT2D eigenvalue weighted by Crippen LogP contribution is 2.38. The Morgan fingerprint density at radius 3 is 2.09 bits per heavy atom. The number of amides is 3. The predicted octanol–water partition coefficient (Wildman–Crippen LogP) is 1.09. The lowest BCUT2D eigenvalue weighted by atomic mass is 9.78. The number of hydrogen-bond donors (Lipinski definition) is 3. The van der Waals surface area contributed by atoms with Gasteiger partial charge in [-0.3, -0.25) is 9.59 Å². The van der Waals surface area contributed by atoms with Crippen molar-refractivity contribution >= 4 is 17.9 Å². The van der Waals surface area contributed by atoms with Crippen LogP contribution in [0.15, 0.2) is 0 Å². The van der Waals surface area contributed by atoms with Gasteiger partial charge in [0.2, 0.25) is 5.91 Å². The third-order valence-electron chi connectivity index (χ3n) is 5.75. The van der Waals surface area contributed by atoms with Gasteiger partial charge in [0.25, 0.3) is 0 Å². The molecule has 0 bridgehead atoms. The fraction of sp³-hybridized carbons (Fsp3) is 0.812. The summed E-state index contributed by atoms with van der Waals surface area (Å²) >= 11 is 0. The maximum absolute atomic E-state index is 13.0. The minimum Gasteiger partial charge on any atom is -0.480 e. The molecule has 7 nitrogen and oxygen atoms in total. The van der Waals surface area contributed by atoms with Crippen LogP contribution in [0.4, 0.5) is 4.79 Å². The summed E-state index contributed by atoms with van der Waals surface area (Å²) in [5, 5.41) is 15.5. The number of nitrogens with one attached hydrogen (secondary N) is 2. The molecule has 3 fully saturated rings. The third kappa shape index (κ3) is 2.88. The summed E-state index contributed by atoms with van der Waals surface area (Å²) in [6.07, 6.45) is 5.85. The second-order valence-corrected chi connectivity index (χ2v) is 7.18. The van der Waals surface area contributed by atoms with Crippen molar-refractivity contribution in [3.05, 3.63) is 0 Å². The summed E-state index contributed by atoms with van der Waals surface area (Å²) in [5.41, 5.74) is -1.51. The van der Waals surface area contributed by atoms with Gasteiger partial charge in [-0.25, -0.2) is 4.79 Å². The lowest BCUT2D eigenvalue weighted by Gasteiger charge is -2.41. The molecule has 23 heavy (non-hydrogen) atoms. The second kappa shape index (κ2) is 6.02. The molecule has 7 heteroatoms. The minimum absolute atomic E-state index is 0.157. The fourth-order valence-corrected chi connectivity index (χ4v) is 4.17. The Balaban J connectivity index is 1.70. The Morgan fingerprint density at radius 2 is 1.61 bits per heavy atom. The minimum atomic E-state index is -1.24. The Labute approximate surface area is 135 Å². The van der Waals surface area contributed by atoms with Gasteiger partial charge >= 0.3 is 12.0 Å². The van der Waals surface area contributed by atoms with Crippen molar-refractivity contribution in [3.8, 4) is 0 Å². The summed E-state index contributed by atoms with van der Waals surface area (Å²) in [6, 6.07) is -0.157. The van der Waals surface area contributed by atoms with Gasteiger partial charge in [-0.15, -0.1) is 0 Å². The Hall–Kier alpha value is -1.79. The highest BCUT2D eigenvalue weighted by atomic mass is 16.4. The quantitative estimate of drug-likeness (QED) is 0.523. The number of carbonyl (C=O) groups excluding carboxylic acids is 2. The number of carbonyl (C=O) groups is 3. The van der Waals surface area contributed by atoms with Crippen LogP contribution in [0.1, 0.15) is 51.4 Å². The van der Waals surface area contributed by atoms with Crippen LogP contribution in [0.3, 0.4) is 0 Å². The van der Waals surface area contributed by atoms with Crippen molar-refractivity contribution in [2.75, 3.05) is 19.6 Å². The molecule has 1 aliphatic carbocycles. The van der Waals surface area contributed by atoms with Crippen molar-refractivity contribution in [1.29, 1.82) is 0 Å². The van der Waals surface area contributed by atoms with Crippen LogP contribution in [0, 0.1) is 5.41 Å². The van der Waals surface area contributed by atoms with Crippen molar-refractivity contribution in [2.24, 2.45) is 5.41 Å². The van der Waals surface area contributed by atoms with Crippen LogP contribution >= 0.6 is 0 Å². The van der Waals surface area contributed by atoms with Gasteiger partial charge in [-0.2, -0.15) is 0 Å². The molecular formula is C16H25N3O4. The highest BCUT2D eigenvalue weighted by Gasteiger charge is 2.50. The smallest absolute Gasteiger partial charge is 0.319 e. The van der Waals surface area contributed by atoms with Crippen LogP contribution in [0.2, 0.25) is 0 Å². The van der Waals surface area contributed by atoms with Crippen molar-refractivity contribution < 1.29 is 19.5 Å². The number of carboxylic acid groups (broad SMARTS) is 1. The largest absolute Gasteiger partial charge is 0.480 e. The molecule has 1 saturated carbocycles. The molecule has 3 rings (SSSR count). The number of carboxylic acids is 1. The first-order chi connectivity index (χ1) is 11.0. The van der Waals surface area contributed by atoms with E-state index in [1.54, 1.807) is 4.90 Å². The average Bonchev–Trinajstić information content (AvgIpc) is 2.76. The molecule has 2 saturated heterocycles. The molecule has 128 valence electrons. The van der Waals surface area contributed by atoms with E-state index in [1.165, 1.54) is 0 Å². The van der Waals surface area contributed by atoms with E-state index < -0.39 is 11.4 Å². The number of hydrogen-bond acceptors (Lipinski definition) is 3. The summed E-state index contributed by atoms with van der Waals surface area (Å²) in [5.74, 6) is -1.19. The number of rotatable bonds is 2.